The SMILES string of the molecule is COc1cccc(CNC(=O)Cn2c(N3CCCC3)nc(C)cc2=O)c1. The summed E-state index contributed by atoms with van der Waals surface area (Å²) in [6.07, 6.45) is 2.15. The zero-order chi connectivity index (χ0) is 18.5. The average Bonchev–Trinajstić information content (AvgIpc) is 3.16. The minimum atomic E-state index is -0.221. The Morgan fingerprint density at radius 1 is 1.27 bits per heavy atom. The van der Waals surface area contributed by atoms with E-state index in [4.69, 9.17) is 4.74 Å². The maximum absolute atomic E-state index is 12.4. The molecule has 26 heavy (non-hydrogen) atoms. The topological polar surface area (TPSA) is 76.5 Å². The smallest absolute Gasteiger partial charge is 0.255 e. The molecule has 1 aromatic heterocycles. The van der Waals surface area contributed by atoms with Crippen LogP contribution in [0.4, 0.5) is 5.95 Å². The van der Waals surface area contributed by atoms with Crippen LogP contribution in [-0.2, 0) is 17.9 Å². The molecule has 0 radical (unpaired) electrons. The lowest BCUT2D eigenvalue weighted by molar-refractivity contribution is -0.121. The average molecular weight is 356 g/mol. The molecule has 2 heterocycles. The van der Waals surface area contributed by atoms with Crippen molar-refractivity contribution in [2.45, 2.75) is 32.9 Å². The Balaban J connectivity index is 1.71. The second kappa shape index (κ2) is 8.03. The number of anilines is 1. The molecule has 1 saturated heterocycles. The molecule has 0 saturated carbocycles. The zero-order valence-corrected chi connectivity index (χ0v) is 15.2. The van der Waals surface area contributed by atoms with E-state index in [0.717, 1.165) is 37.2 Å². The summed E-state index contributed by atoms with van der Waals surface area (Å²) in [7, 11) is 1.61. The van der Waals surface area contributed by atoms with Crippen LogP contribution in [0.25, 0.3) is 0 Å². The number of rotatable bonds is 6. The van der Waals surface area contributed by atoms with Gasteiger partial charge in [-0.2, -0.15) is 0 Å². The molecule has 138 valence electrons. The molecule has 7 heteroatoms. The lowest BCUT2D eigenvalue weighted by Gasteiger charge is -2.21. The Hall–Kier alpha value is -2.83. The summed E-state index contributed by atoms with van der Waals surface area (Å²) in [4.78, 5) is 31.4. The minimum absolute atomic E-state index is 0.0398. The first kappa shape index (κ1) is 18.0. The number of amides is 1. The van der Waals surface area contributed by atoms with Crippen molar-refractivity contribution in [3.05, 3.63) is 51.9 Å². The molecule has 1 fully saturated rings. The molecule has 0 aliphatic carbocycles. The summed E-state index contributed by atoms with van der Waals surface area (Å²) in [6, 6.07) is 8.98. The largest absolute Gasteiger partial charge is 0.497 e. The molecule has 2 aromatic rings. The standard InChI is InChI=1S/C19H24N4O3/c1-14-10-18(25)23(19(21-14)22-8-3-4-9-22)13-17(24)20-12-15-6-5-7-16(11-15)26-2/h5-7,10-11H,3-4,8-9,12-13H2,1-2H3,(H,20,24). The number of carbonyl (C=O) groups excluding carboxylic acids is 1. The van der Waals surface area contributed by atoms with Gasteiger partial charge in [-0.15, -0.1) is 0 Å². The van der Waals surface area contributed by atoms with Gasteiger partial charge < -0.3 is 15.0 Å². The maximum atomic E-state index is 12.4. The van der Waals surface area contributed by atoms with E-state index in [0.29, 0.717) is 18.2 Å². The molecule has 7 nitrogen and oxygen atoms in total. The third-order valence-corrected chi connectivity index (χ3v) is 4.43. The number of aromatic nitrogens is 2. The molecular weight excluding hydrogens is 332 g/mol. The van der Waals surface area contributed by atoms with Crippen LogP contribution in [0.15, 0.2) is 35.1 Å². The molecule has 1 aromatic carbocycles. The quantitative estimate of drug-likeness (QED) is 0.848. The number of hydrogen-bond donors (Lipinski definition) is 1. The van der Waals surface area contributed by atoms with Crippen LogP contribution in [0.5, 0.6) is 5.75 Å². The first-order valence-corrected chi connectivity index (χ1v) is 8.80. The third kappa shape index (κ3) is 4.22. The van der Waals surface area contributed by atoms with E-state index in [9.17, 15) is 9.59 Å². The van der Waals surface area contributed by atoms with Crippen LogP contribution < -0.4 is 20.5 Å². The number of ether oxygens (including phenoxy) is 1. The minimum Gasteiger partial charge on any atom is -0.497 e. The van der Waals surface area contributed by atoms with E-state index < -0.39 is 0 Å². The summed E-state index contributed by atoms with van der Waals surface area (Å²) >= 11 is 0. The fourth-order valence-corrected chi connectivity index (χ4v) is 3.10. The highest BCUT2D eigenvalue weighted by Gasteiger charge is 2.20. The predicted molar refractivity (Wildman–Crippen MR) is 99.5 cm³/mol. The van der Waals surface area contributed by atoms with Crippen LogP contribution in [0.3, 0.4) is 0 Å². The van der Waals surface area contributed by atoms with Gasteiger partial charge in [0.15, 0.2) is 0 Å². The van der Waals surface area contributed by atoms with Crippen molar-refractivity contribution in [3.8, 4) is 5.75 Å². The number of nitrogens with zero attached hydrogens (tertiary/aromatic N) is 3. The van der Waals surface area contributed by atoms with Crippen LogP contribution in [0.1, 0.15) is 24.1 Å². The molecule has 0 unspecified atom stereocenters. The van der Waals surface area contributed by atoms with Gasteiger partial charge >= 0.3 is 0 Å². The fourth-order valence-electron chi connectivity index (χ4n) is 3.10. The van der Waals surface area contributed by atoms with Crippen molar-refractivity contribution in [3.63, 3.8) is 0 Å². The number of aryl methyl sites for hydroxylation is 1. The summed E-state index contributed by atoms with van der Waals surface area (Å²) in [5.74, 6) is 1.11. The maximum Gasteiger partial charge on any atom is 0.255 e. The van der Waals surface area contributed by atoms with Gasteiger partial charge in [-0.1, -0.05) is 12.1 Å². The first-order valence-electron chi connectivity index (χ1n) is 8.80. The Morgan fingerprint density at radius 3 is 2.77 bits per heavy atom. The number of hydrogen-bond acceptors (Lipinski definition) is 5. The van der Waals surface area contributed by atoms with Crippen molar-refractivity contribution in [1.29, 1.82) is 0 Å². The van der Waals surface area contributed by atoms with E-state index in [1.54, 1.807) is 14.0 Å². The summed E-state index contributed by atoms with van der Waals surface area (Å²) in [5, 5.41) is 2.86. The van der Waals surface area contributed by atoms with Gasteiger partial charge in [-0.3, -0.25) is 14.2 Å². The van der Waals surface area contributed by atoms with Crippen LogP contribution >= 0.6 is 0 Å². The molecule has 1 amide bonds. The van der Waals surface area contributed by atoms with Gasteiger partial charge in [-0.05, 0) is 37.5 Å². The number of nitrogens with one attached hydrogen (secondary N) is 1. The second-order valence-electron chi connectivity index (χ2n) is 6.44. The number of benzene rings is 1. The van der Waals surface area contributed by atoms with Gasteiger partial charge in [0.05, 0.1) is 7.11 Å². The summed E-state index contributed by atoms with van der Waals surface area (Å²) in [6.45, 7) is 3.86. The predicted octanol–water partition coefficient (Wildman–Crippen LogP) is 1.48. The van der Waals surface area contributed by atoms with Crippen molar-refractivity contribution < 1.29 is 9.53 Å². The van der Waals surface area contributed by atoms with E-state index in [-0.39, 0.29) is 18.0 Å². The van der Waals surface area contributed by atoms with Crippen LogP contribution in [-0.4, -0.2) is 35.7 Å². The van der Waals surface area contributed by atoms with Gasteiger partial charge in [0, 0.05) is 31.4 Å². The van der Waals surface area contributed by atoms with Gasteiger partial charge in [0.25, 0.3) is 5.56 Å². The van der Waals surface area contributed by atoms with Gasteiger partial charge in [0.2, 0.25) is 11.9 Å². The fraction of sp³-hybridized carbons (Fsp3) is 0.421. The highest BCUT2D eigenvalue weighted by molar-refractivity contribution is 5.76. The van der Waals surface area contributed by atoms with Crippen LogP contribution in [0.2, 0.25) is 0 Å². The van der Waals surface area contributed by atoms with E-state index in [1.807, 2.05) is 24.3 Å². The van der Waals surface area contributed by atoms with Crippen molar-refractivity contribution in [2.75, 3.05) is 25.1 Å². The normalized spacial score (nSPS) is 13.7. The van der Waals surface area contributed by atoms with E-state index >= 15 is 0 Å². The summed E-state index contributed by atoms with van der Waals surface area (Å²) < 4.78 is 6.64. The number of carbonyl (C=O) groups is 1. The van der Waals surface area contributed by atoms with Crippen molar-refractivity contribution >= 4 is 11.9 Å². The molecular formula is C19H24N4O3. The Morgan fingerprint density at radius 2 is 2.04 bits per heavy atom. The lowest BCUT2D eigenvalue weighted by atomic mass is 10.2. The Labute approximate surface area is 152 Å². The Kier molecular flexibility index (Phi) is 5.55. The summed E-state index contributed by atoms with van der Waals surface area (Å²) in [5.41, 5.74) is 1.41. The van der Waals surface area contributed by atoms with E-state index in [1.165, 1.54) is 10.6 Å². The number of methoxy groups -OCH3 is 1. The molecule has 1 aliphatic heterocycles. The molecule has 0 spiro atoms. The third-order valence-electron chi connectivity index (χ3n) is 4.43. The highest BCUT2D eigenvalue weighted by atomic mass is 16.5. The second-order valence-corrected chi connectivity index (χ2v) is 6.44. The monoisotopic (exact) mass is 356 g/mol. The zero-order valence-electron chi connectivity index (χ0n) is 15.2. The van der Waals surface area contributed by atoms with Gasteiger partial charge in [-0.25, -0.2) is 4.98 Å². The molecule has 0 bridgehead atoms. The van der Waals surface area contributed by atoms with Crippen molar-refractivity contribution in [2.24, 2.45) is 0 Å². The van der Waals surface area contributed by atoms with Crippen molar-refractivity contribution in [1.82, 2.24) is 14.9 Å². The molecule has 3 rings (SSSR count). The van der Waals surface area contributed by atoms with Gasteiger partial charge in [0.1, 0.15) is 12.3 Å². The first-order chi connectivity index (χ1) is 12.6. The lowest BCUT2D eigenvalue weighted by Crippen LogP contribution is -2.36. The highest BCUT2D eigenvalue weighted by Crippen LogP contribution is 2.17. The van der Waals surface area contributed by atoms with Crippen LogP contribution in [0, 0.1) is 6.92 Å². The molecule has 1 N–H and O–H groups in total. The molecule has 1 aliphatic rings. The Bertz CT molecular complexity index is 841. The molecule has 0 atom stereocenters. The van der Waals surface area contributed by atoms with E-state index in [2.05, 4.69) is 15.2 Å².